The number of rotatable bonds is 4. The van der Waals surface area contributed by atoms with Gasteiger partial charge in [-0.1, -0.05) is 18.6 Å². The molecule has 0 aliphatic rings. The Morgan fingerprint density at radius 3 is 2.60 bits per heavy atom. The molecule has 2 nitrogen and oxygen atoms in total. The minimum Gasteiger partial charge on any atom is -0.481 e. The molecule has 0 radical (unpaired) electrons. The number of carboxylic acid groups (broad SMARTS) is 1. The molecule has 0 aromatic heterocycles. The molecule has 0 saturated carbocycles. The van der Waals surface area contributed by atoms with Crippen LogP contribution in [0.2, 0.25) is 0 Å². The molecule has 0 saturated heterocycles. The van der Waals surface area contributed by atoms with Gasteiger partial charge < -0.3 is 5.11 Å². The van der Waals surface area contributed by atoms with Gasteiger partial charge in [0.1, 0.15) is 0 Å². The van der Waals surface area contributed by atoms with Gasteiger partial charge in [0.2, 0.25) is 0 Å². The van der Waals surface area contributed by atoms with Crippen LogP contribution in [0.3, 0.4) is 0 Å². The van der Waals surface area contributed by atoms with E-state index >= 15 is 0 Å². The Hall–Kier alpha value is -0.790. The Morgan fingerprint density at radius 2 is 2.20 bits per heavy atom. The zero-order valence-corrected chi connectivity index (χ0v) is 6.55. The highest BCUT2D eigenvalue weighted by Gasteiger charge is 1.92. The van der Waals surface area contributed by atoms with Crippen LogP contribution in [-0.2, 0) is 4.79 Å². The Bertz CT molecular complexity index is 136. The van der Waals surface area contributed by atoms with Gasteiger partial charge in [0.25, 0.3) is 0 Å². The third-order valence-corrected chi connectivity index (χ3v) is 1.41. The smallest absolute Gasteiger partial charge is 0.303 e. The summed E-state index contributed by atoms with van der Waals surface area (Å²) in [7, 11) is 0. The van der Waals surface area contributed by atoms with Gasteiger partial charge in [0.15, 0.2) is 0 Å². The number of hydrogen-bond donors (Lipinski definition) is 1. The molecule has 0 unspecified atom stereocenters. The summed E-state index contributed by atoms with van der Waals surface area (Å²) in [6.45, 7) is 4.08. The molecule has 0 heterocycles. The zero-order chi connectivity index (χ0) is 7.98. The molecule has 0 bridgehead atoms. The van der Waals surface area contributed by atoms with Gasteiger partial charge in [-0.2, -0.15) is 0 Å². The van der Waals surface area contributed by atoms with Crippen molar-refractivity contribution in [3.8, 4) is 0 Å². The van der Waals surface area contributed by atoms with Crippen LogP contribution in [-0.4, -0.2) is 11.1 Å². The summed E-state index contributed by atoms with van der Waals surface area (Å²) in [6.07, 6.45) is 3.90. The highest BCUT2D eigenvalue weighted by atomic mass is 16.4. The van der Waals surface area contributed by atoms with Crippen molar-refractivity contribution in [2.45, 2.75) is 33.1 Å². The molecule has 0 amide bonds. The maximum atomic E-state index is 10.0. The zero-order valence-electron chi connectivity index (χ0n) is 6.55. The number of aliphatic carboxylic acids is 1. The molecule has 0 aliphatic heterocycles. The number of carboxylic acids is 1. The van der Waals surface area contributed by atoms with Crippen molar-refractivity contribution >= 4 is 5.97 Å². The van der Waals surface area contributed by atoms with Crippen LogP contribution in [0.5, 0.6) is 0 Å². The van der Waals surface area contributed by atoms with E-state index < -0.39 is 5.97 Å². The van der Waals surface area contributed by atoms with Crippen LogP contribution in [0.25, 0.3) is 0 Å². The topological polar surface area (TPSA) is 37.3 Å². The first-order valence-corrected chi connectivity index (χ1v) is 3.54. The first-order valence-electron chi connectivity index (χ1n) is 3.54. The summed E-state index contributed by atoms with van der Waals surface area (Å²) < 4.78 is 0. The first-order chi connectivity index (χ1) is 4.66. The lowest BCUT2D eigenvalue weighted by Crippen LogP contribution is -1.91. The third-order valence-electron chi connectivity index (χ3n) is 1.41. The summed E-state index contributed by atoms with van der Waals surface area (Å²) in [5.74, 6) is -0.722. The molecule has 0 atom stereocenters. The Kier molecular flexibility index (Phi) is 4.63. The Balaban J connectivity index is 3.43. The lowest BCUT2D eigenvalue weighted by atomic mass is 10.2. The molecule has 0 aromatic rings. The highest BCUT2D eigenvalue weighted by Crippen LogP contribution is 2.01. The van der Waals surface area contributed by atoms with Crippen molar-refractivity contribution in [2.24, 2.45) is 0 Å². The maximum absolute atomic E-state index is 10.0. The summed E-state index contributed by atoms with van der Waals surface area (Å²) in [5, 5.41) is 8.27. The molecule has 0 aliphatic carbocycles. The Labute approximate surface area is 61.6 Å². The predicted octanol–water partition coefficient (Wildman–Crippen LogP) is 2.21. The van der Waals surface area contributed by atoms with E-state index in [0.717, 1.165) is 6.42 Å². The van der Waals surface area contributed by atoms with E-state index in [1.165, 1.54) is 5.57 Å². The fraction of sp³-hybridized carbons (Fsp3) is 0.625. The van der Waals surface area contributed by atoms with E-state index in [-0.39, 0.29) is 6.42 Å². The number of hydrogen-bond acceptors (Lipinski definition) is 1. The van der Waals surface area contributed by atoms with Crippen LogP contribution in [0, 0.1) is 0 Å². The van der Waals surface area contributed by atoms with Crippen LogP contribution in [0.4, 0.5) is 0 Å². The van der Waals surface area contributed by atoms with Crippen molar-refractivity contribution < 1.29 is 9.90 Å². The molecular weight excluding hydrogens is 128 g/mol. The lowest BCUT2D eigenvalue weighted by molar-refractivity contribution is -0.136. The number of carbonyl (C=O) groups is 1. The lowest BCUT2D eigenvalue weighted by Gasteiger charge is -1.92. The Morgan fingerprint density at radius 1 is 1.60 bits per heavy atom. The van der Waals surface area contributed by atoms with Gasteiger partial charge in [-0.05, 0) is 19.8 Å². The molecule has 0 spiro atoms. The fourth-order valence-corrected chi connectivity index (χ4v) is 0.586. The minimum atomic E-state index is -0.722. The van der Waals surface area contributed by atoms with Crippen molar-refractivity contribution in [1.29, 1.82) is 0 Å². The van der Waals surface area contributed by atoms with Crippen LogP contribution in [0.1, 0.15) is 33.1 Å². The van der Waals surface area contributed by atoms with Gasteiger partial charge in [-0.3, -0.25) is 4.79 Å². The normalized spacial score (nSPS) is 11.6. The van der Waals surface area contributed by atoms with E-state index in [1.54, 1.807) is 0 Å². The van der Waals surface area contributed by atoms with E-state index in [2.05, 4.69) is 6.92 Å². The van der Waals surface area contributed by atoms with E-state index in [1.807, 2.05) is 13.0 Å². The van der Waals surface area contributed by atoms with Crippen LogP contribution >= 0.6 is 0 Å². The average Bonchev–Trinajstić information content (AvgIpc) is 1.87. The largest absolute Gasteiger partial charge is 0.481 e. The van der Waals surface area contributed by atoms with Crippen LogP contribution in [0.15, 0.2) is 11.6 Å². The molecule has 2 heteroatoms. The van der Waals surface area contributed by atoms with Gasteiger partial charge in [-0.25, -0.2) is 0 Å². The van der Waals surface area contributed by atoms with Crippen molar-refractivity contribution in [1.82, 2.24) is 0 Å². The SMILES string of the molecule is CCC(C)=CCCC(=O)O. The molecule has 0 rings (SSSR count). The fourth-order valence-electron chi connectivity index (χ4n) is 0.586. The molecular formula is C8H14O2. The molecule has 10 heavy (non-hydrogen) atoms. The van der Waals surface area contributed by atoms with Gasteiger partial charge >= 0.3 is 5.97 Å². The highest BCUT2D eigenvalue weighted by molar-refractivity contribution is 5.66. The molecule has 58 valence electrons. The summed E-state index contributed by atoms with van der Waals surface area (Å²) in [6, 6.07) is 0. The van der Waals surface area contributed by atoms with E-state index in [0.29, 0.717) is 6.42 Å². The van der Waals surface area contributed by atoms with E-state index in [9.17, 15) is 4.79 Å². The van der Waals surface area contributed by atoms with Crippen molar-refractivity contribution in [3.05, 3.63) is 11.6 Å². The summed E-state index contributed by atoms with van der Waals surface area (Å²) >= 11 is 0. The maximum Gasteiger partial charge on any atom is 0.303 e. The average molecular weight is 142 g/mol. The van der Waals surface area contributed by atoms with Crippen LogP contribution < -0.4 is 0 Å². The van der Waals surface area contributed by atoms with Crippen molar-refractivity contribution in [2.75, 3.05) is 0 Å². The second-order valence-corrected chi connectivity index (χ2v) is 2.34. The minimum absolute atomic E-state index is 0.247. The van der Waals surface area contributed by atoms with Gasteiger partial charge in [0, 0.05) is 6.42 Å². The summed E-state index contributed by atoms with van der Waals surface area (Å²) in [5.41, 5.74) is 1.27. The first kappa shape index (κ1) is 9.21. The van der Waals surface area contributed by atoms with Gasteiger partial charge in [0.05, 0.1) is 0 Å². The predicted molar refractivity (Wildman–Crippen MR) is 40.9 cm³/mol. The molecule has 0 aromatic carbocycles. The molecule has 1 N–H and O–H groups in total. The van der Waals surface area contributed by atoms with Gasteiger partial charge in [-0.15, -0.1) is 0 Å². The quantitative estimate of drug-likeness (QED) is 0.611. The second-order valence-electron chi connectivity index (χ2n) is 2.34. The van der Waals surface area contributed by atoms with Crippen molar-refractivity contribution in [3.63, 3.8) is 0 Å². The summed E-state index contributed by atoms with van der Waals surface area (Å²) in [4.78, 5) is 10.0. The van der Waals surface area contributed by atoms with E-state index in [4.69, 9.17) is 5.11 Å². The number of allylic oxidation sites excluding steroid dienone is 2. The molecule has 0 fully saturated rings. The standard InChI is InChI=1S/C8H14O2/c1-3-7(2)5-4-6-8(9)10/h5H,3-4,6H2,1-2H3,(H,9,10). The monoisotopic (exact) mass is 142 g/mol. The third kappa shape index (κ3) is 5.35. The second kappa shape index (κ2) is 5.03.